The maximum absolute atomic E-state index is 13.1. The van der Waals surface area contributed by atoms with Crippen LogP contribution in [0.2, 0.25) is 0 Å². The second kappa shape index (κ2) is 5.27. The van der Waals surface area contributed by atoms with Crippen molar-refractivity contribution in [1.29, 1.82) is 0 Å². The number of aryl methyl sites for hydroxylation is 1. The standard InChI is InChI=1S/C13H17FO3/c1-7(2)11(13(16)17)12(15)10-6-9(14)5-4-8(10)3/h4-7,11-12,15H,1-3H3,(H,16,17). The number of carboxylic acid groups (broad SMARTS) is 1. The van der Waals surface area contributed by atoms with Crippen molar-refractivity contribution >= 4 is 5.97 Å². The highest BCUT2D eigenvalue weighted by Crippen LogP contribution is 2.30. The normalized spacial score (nSPS) is 14.7. The van der Waals surface area contributed by atoms with Crippen LogP contribution in [0.1, 0.15) is 31.1 Å². The first-order valence-corrected chi connectivity index (χ1v) is 5.51. The van der Waals surface area contributed by atoms with Crippen molar-refractivity contribution in [3.05, 3.63) is 35.1 Å². The fourth-order valence-corrected chi connectivity index (χ4v) is 1.91. The van der Waals surface area contributed by atoms with Gasteiger partial charge in [0.05, 0.1) is 12.0 Å². The topological polar surface area (TPSA) is 57.5 Å². The number of carbonyl (C=O) groups is 1. The number of aliphatic hydroxyl groups excluding tert-OH is 1. The third-order valence-corrected chi connectivity index (χ3v) is 2.90. The average Bonchev–Trinajstić information content (AvgIpc) is 2.20. The Bertz CT molecular complexity index is 415. The van der Waals surface area contributed by atoms with Crippen molar-refractivity contribution in [2.24, 2.45) is 11.8 Å². The van der Waals surface area contributed by atoms with Gasteiger partial charge < -0.3 is 10.2 Å². The van der Waals surface area contributed by atoms with E-state index in [9.17, 15) is 14.3 Å². The van der Waals surface area contributed by atoms with Crippen LogP contribution < -0.4 is 0 Å². The molecule has 0 aliphatic rings. The fraction of sp³-hybridized carbons (Fsp3) is 0.462. The highest BCUT2D eigenvalue weighted by atomic mass is 19.1. The smallest absolute Gasteiger partial charge is 0.309 e. The van der Waals surface area contributed by atoms with Gasteiger partial charge in [-0.2, -0.15) is 0 Å². The van der Waals surface area contributed by atoms with Crippen LogP contribution in [-0.2, 0) is 4.79 Å². The summed E-state index contributed by atoms with van der Waals surface area (Å²) < 4.78 is 13.1. The van der Waals surface area contributed by atoms with E-state index in [4.69, 9.17) is 5.11 Å². The van der Waals surface area contributed by atoms with Crippen molar-refractivity contribution < 1.29 is 19.4 Å². The molecule has 0 radical (unpaired) electrons. The van der Waals surface area contributed by atoms with E-state index in [1.54, 1.807) is 20.8 Å². The molecule has 2 unspecified atom stereocenters. The molecule has 1 aromatic carbocycles. The van der Waals surface area contributed by atoms with Crippen molar-refractivity contribution in [3.63, 3.8) is 0 Å². The van der Waals surface area contributed by atoms with E-state index in [0.717, 1.165) is 0 Å². The second-order valence-corrected chi connectivity index (χ2v) is 4.55. The zero-order valence-electron chi connectivity index (χ0n) is 10.1. The first-order valence-electron chi connectivity index (χ1n) is 5.51. The van der Waals surface area contributed by atoms with E-state index in [0.29, 0.717) is 11.1 Å². The van der Waals surface area contributed by atoms with Crippen LogP contribution in [0.25, 0.3) is 0 Å². The predicted molar refractivity (Wildman–Crippen MR) is 62.1 cm³/mol. The summed E-state index contributed by atoms with van der Waals surface area (Å²) >= 11 is 0. The van der Waals surface area contributed by atoms with Crippen LogP contribution in [0, 0.1) is 24.6 Å². The Balaban J connectivity index is 3.13. The van der Waals surface area contributed by atoms with Crippen LogP contribution in [0.5, 0.6) is 0 Å². The van der Waals surface area contributed by atoms with E-state index in [1.165, 1.54) is 18.2 Å². The van der Waals surface area contributed by atoms with E-state index < -0.39 is 23.8 Å². The maximum Gasteiger partial charge on any atom is 0.309 e. The number of hydrogen-bond acceptors (Lipinski definition) is 2. The van der Waals surface area contributed by atoms with Crippen LogP contribution in [0.15, 0.2) is 18.2 Å². The zero-order chi connectivity index (χ0) is 13.2. The summed E-state index contributed by atoms with van der Waals surface area (Å²) in [5.74, 6) is -2.71. The quantitative estimate of drug-likeness (QED) is 0.850. The molecule has 1 rings (SSSR count). The number of halogens is 1. The Morgan fingerprint density at radius 3 is 2.41 bits per heavy atom. The lowest BCUT2D eigenvalue weighted by Gasteiger charge is -2.24. The van der Waals surface area contributed by atoms with Crippen molar-refractivity contribution in [2.75, 3.05) is 0 Å². The molecule has 0 spiro atoms. The van der Waals surface area contributed by atoms with Crippen LogP contribution in [0.3, 0.4) is 0 Å². The molecule has 94 valence electrons. The zero-order valence-corrected chi connectivity index (χ0v) is 10.1. The third-order valence-electron chi connectivity index (χ3n) is 2.90. The fourth-order valence-electron chi connectivity index (χ4n) is 1.91. The lowest BCUT2D eigenvalue weighted by molar-refractivity contribution is -0.148. The van der Waals surface area contributed by atoms with Gasteiger partial charge in [0.1, 0.15) is 5.82 Å². The van der Waals surface area contributed by atoms with Crippen LogP contribution in [0.4, 0.5) is 4.39 Å². The molecular weight excluding hydrogens is 223 g/mol. The van der Waals surface area contributed by atoms with Crippen molar-refractivity contribution in [2.45, 2.75) is 26.9 Å². The first kappa shape index (κ1) is 13.6. The van der Waals surface area contributed by atoms with Gasteiger partial charge in [-0.25, -0.2) is 4.39 Å². The molecule has 17 heavy (non-hydrogen) atoms. The summed E-state index contributed by atoms with van der Waals surface area (Å²) in [6.07, 6.45) is -1.19. The summed E-state index contributed by atoms with van der Waals surface area (Å²) in [7, 11) is 0. The Morgan fingerprint density at radius 1 is 1.35 bits per heavy atom. The molecular formula is C13H17FO3. The number of benzene rings is 1. The molecule has 0 heterocycles. The Kier molecular flexibility index (Phi) is 4.23. The minimum atomic E-state index is -1.19. The molecule has 2 N–H and O–H groups in total. The summed E-state index contributed by atoms with van der Waals surface area (Å²) in [5.41, 5.74) is 1.02. The number of aliphatic hydroxyl groups is 1. The summed E-state index contributed by atoms with van der Waals surface area (Å²) in [6.45, 7) is 5.16. The van der Waals surface area contributed by atoms with Gasteiger partial charge in [0.15, 0.2) is 0 Å². The molecule has 0 aliphatic carbocycles. The van der Waals surface area contributed by atoms with E-state index in [2.05, 4.69) is 0 Å². The van der Waals surface area contributed by atoms with Gasteiger partial charge in [0.25, 0.3) is 0 Å². The first-order chi connectivity index (χ1) is 7.84. The molecule has 0 saturated heterocycles. The third kappa shape index (κ3) is 3.03. The minimum absolute atomic E-state index is 0.231. The van der Waals surface area contributed by atoms with Gasteiger partial charge in [-0.1, -0.05) is 19.9 Å². The highest BCUT2D eigenvalue weighted by Gasteiger charge is 2.31. The molecule has 0 saturated carbocycles. The molecule has 0 bridgehead atoms. The minimum Gasteiger partial charge on any atom is -0.481 e. The van der Waals surface area contributed by atoms with E-state index in [1.807, 2.05) is 0 Å². The van der Waals surface area contributed by atoms with Crippen LogP contribution >= 0.6 is 0 Å². The summed E-state index contributed by atoms with van der Waals surface area (Å²) in [6, 6.07) is 4.02. The largest absolute Gasteiger partial charge is 0.481 e. The van der Waals surface area contributed by atoms with E-state index >= 15 is 0 Å². The monoisotopic (exact) mass is 240 g/mol. The molecule has 0 fully saturated rings. The number of hydrogen-bond donors (Lipinski definition) is 2. The predicted octanol–water partition coefficient (Wildman–Crippen LogP) is 2.52. The molecule has 1 aromatic rings. The van der Waals surface area contributed by atoms with Gasteiger partial charge in [-0.3, -0.25) is 4.79 Å². The number of carboxylic acids is 1. The molecule has 0 aliphatic heterocycles. The number of rotatable bonds is 4. The lowest BCUT2D eigenvalue weighted by atomic mass is 9.85. The van der Waals surface area contributed by atoms with Crippen molar-refractivity contribution in [3.8, 4) is 0 Å². The molecule has 2 atom stereocenters. The van der Waals surface area contributed by atoms with Gasteiger partial charge in [0.2, 0.25) is 0 Å². The SMILES string of the molecule is Cc1ccc(F)cc1C(O)C(C(=O)O)C(C)C. The summed E-state index contributed by atoms with van der Waals surface area (Å²) in [5, 5.41) is 19.2. The van der Waals surface area contributed by atoms with Gasteiger partial charge in [0, 0.05) is 0 Å². The van der Waals surface area contributed by atoms with Crippen LogP contribution in [-0.4, -0.2) is 16.2 Å². The molecule has 3 nitrogen and oxygen atoms in total. The Labute approximate surface area is 99.9 Å². The van der Waals surface area contributed by atoms with Gasteiger partial charge in [-0.15, -0.1) is 0 Å². The lowest BCUT2D eigenvalue weighted by Crippen LogP contribution is -2.27. The molecule has 0 aromatic heterocycles. The maximum atomic E-state index is 13.1. The second-order valence-electron chi connectivity index (χ2n) is 4.55. The highest BCUT2D eigenvalue weighted by molar-refractivity contribution is 5.71. The van der Waals surface area contributed by atoms with Gasteiger partial charge >= 0.3 is 5.97 Å². The average molecular weight is 240 g/mol. The number of aliphatic carboxylic acids is 1. The molecule has 0 amide bonds. The molecule has 4 heteroatoms. The van der Waals surface area contributed by atoms with E-state index in [-0.39, 0.29) is 5.92 Å². The Hall–Kier alpha value is -1.42. The van der Waals surface area contributed by atoms with Gasteiger partial charge in [-0.05, 0) is 36.1 Å². The summed E-state index contributed by atoms with van der Waals surface area (Å²) in [4.78, 5) is 11.1. The Morgan fingerprint density at radius 2 is 1.94 bits per heavy atom. The van der Waals surface area contributed by atoms with Crippen molar-refractivity contribution in [1.82, 2.24) is 0 Å².